The maximum Gasteiger partial charge on any atom is 0.336 e. The predicted octanol–water partition coefficient (Wildman–Crippen LogP) is 0.778. The molecule has 7 heteroatoms. The average molecular weight is 272 g/mol. The van der Waals surface area contributed by atoms with E-state index in [1.165, 1.54) is 4.31 Å². The molecule has 100 valence electrons. The monoisotopic (exact) mass is 272 g/mol. The molecule has 1 heterocycles. The summed E-state index contributed by atoms with van der Waals surface area (Å²) in [6.45, 7) is 9.54. The van der Waals surface area contributed by atoms with Crippen LogP contribution in [0.1, 0.15) is 19.8 Å². The molecular weight excluding hydrogens is 256 g/mol. The van der Waals surface area contributed by atoms with Crippen LogP contribution in [-0.4, -0.2) is 44.6 Å². The van der Waals surface area contributed by atoms with Gasteiger partial charge in [0.25, 0.3) is 5.70 Å². The Morgan fingerprint density at radius 1 is 1.44 bits per heavy atom. The third-order valence-electron chi connectivity index (χ3n) is 2.71. The van der Waals surface area contributed by atoms with Crippen molar-refractivity contribution in [1.82, 2.24) is 4.31 Å². The van der Waals surface area contributed by atoms with E-state index in [-0.39, 0.29) is 12.3 Å². The van der Waals surface area contributed by atoms with Gasteiger partial charge in [-0.25, -0.2) is 17.6 Å². The Labute approximate surface area is 107 Å². The summed E-state index contributed by atoms with van der Waals surface area (Å²) in [4.78, 5) is 14.7. The van der Waals surface area contributed by atoms with Gasteiger partial charge in [0.1, 0.15) is 0 Å². The first-order valence-electron chi connectivity index (χ1n) is 5.61. The molecule has 1 saturated heterocycles. The third kappa shape index (κ3) is 3.55. The van der Waals surface area contributed by atoms with E-state index in [4.69, 9.17) is 11.3 Å². The second kappa shape index (κ2) is 5.98. The van der Waals surface area contributed by atoms with E-state index in [9.17, 15) is 13.2 Å². The first-order chi connectivity index (χ1) is 8.40. The lowest BCUT2D eigenvalue weighted by molar-refractivity contribution is -0.138. The van der Waals surface area contributed by atoms with E-state index in [1.807, 2.05) is 0 Å². The second-order valence-corrected chi connectivity index (χ2v) is 5.93. The molecule has 1 aliphatic rings. The first kappa shape index (κ1) is 14.7. The van der Waals surface area contributed by atoms with E-state index >= 15 is 0 Å². The van der Waals surface area contributed by atoms with Crippen LogP contribution in [0.2, 0.25) is 0 Å². The SMILES string of the molecule is [C-]#[N+]C(C(=O)OCC)=C1CCN(S(C)(=O)=O)CC1. The van der Waals surface area contributed by atoms with Crippen LogP contribution in [0.5, 0.6) is 0 Å². The number of carbonyl (C=O) groups is 1. The second-order valence-electron chi connectivity index (χ2n) is 3.95. The van der Waals surface area contributed by atoms with Crippen LogP contribution in [0.4, 0.5) is 0 Å². The number of sulfonamides is 1. The van der Waals surface area contributed by atoms with Crippen LogP contribution in [0, 0.1) is 6.57 Å². The molecule has 0 unspecified atom stereocenters. The van der Waals surface area contributed by atoms with E-state index < -0.39 is 16.0 Å². The fourth-order valence-electron chi connectivity index (χ4n) is 1.79. The van der Waals surface area contributed by atoms with Crippen LogP contribution in [0.25, 0.3) is 4.85 Å². The molecule has 1 aliphatic heterocycles. The minimum Gasteiger partial charge on any atom is -0.471 e. The van der Waals surface area contributed by atoms with Crippen molar-refractivity contribution in [1.29, 1.82) is 0 Å². The van der Waals surface area contributed by atoms with Crippen molar-refractivity contribution in [3.8, 4) is 0 Å². The molecule has 0 amide bonds. The van der Waals surface area contributed by atoms with Crippen LogP contribution >= 0.6 is 0 Å². The van der Waals surface area contributed by atoms with Crippen LogP contribution in [-0.2, 0) is 19.6 Å². The highest BCUT2D eigenvalue weighted by Gasteiger charge is 2.25. The van der Waals surface area contributed by atoms with Crippen molar-refractivity contribution in [2.75, 3.05) is 26.0 Å². The van der Waals surface area contributed by atoms with Gasteiger partial charge in [-0.1, -0.05) is 5.57 Å². The number of rotatable bonds is 3. The molecule has 18 heavy (non-hydrogen) atoms. The summed E-state index contributed by atoms with van der Waals surface area (Å²) in [5, 5.41) is 0. The Kier molecular flexibility index (Phi) is 4.87. The van der Waals surface area contributed by atoms with Gasteiger partial charge in [-0.3, -0.25) is 4.79 Å². The third-order valence-corrected chi connectivity index (χ3v) is 4.01. The number of hydrogen-bond donors (Lipinski definition) is 0. The molecule has 0 aromatic heterocycles. The van der Waals surface area contributed by atoms with Gasteiger partial charge in [0.15, 0.2) is 0 Å². The molecule has 0 aromatic carbocycles. The average Bonchev–Trinajstić information content (AvgIpc) is 2.30. The smallest absolute Gasteiger partial charge is 0.336 e. The molecule has 0 atom stereocenters. The zero-order valence-electron chi connectivity index (χ0n) is 10.5. The van der Waals surface area contributed by atoms with Gasteiger partial charge in [0.2, 0.25) is 10.0 Å². The highest BCUT2D eigenvalue weighted by molar-refractivity contribution is 7.88. The summed E-state index contributed by atoms with van der Waals surface area (Å²) < 4.78 is 28.8. The summed E-state index contributed by atoms with van der Waals surface area (Å²) in [7, 11) is -3.20. The minimum absolute atomic E-state index is 0.00463. The van der Waals surface area contributed by atoms with Crippen LogP contribution in [0.15, 0.2) is 11.3 Å². The molecule has 0 bridgehead atoms. The van der Waals surface area contributed by atoms with Crippen molar-refractivity contribution in [2.45, 2.75) is 19.8 Å². The molecule has 0 spiro atoms. The Balaban J connectivity index is 2.82. The van der Waals surface area contributed by atoms with Gasteiger partial charge in [-0.15, -0.1) is 0 Å². The normalized spacial score (nSPS) is 17.1. The summed E-state index contributed by atoms with van der Waals surface area (Å²) >= 11 is 0. The molecule has 0 aromatic rings. The molecule has 6 nitrogen and oxygen atoms in total. The number of ether oxygens (including phenoxy) is 1. The number of esters is 1. The zero-order valence-corrected chi connectivity index (χ0v) is 11.3. The van der Waals surface area contributed by atoms with E-state index in [0.29, 0.717) is 31.5 Å². The van der Waals surface area contributed by atoms with Gasteiger partial charge >= 0.3 is 5.97 Å². The lowest BCUT2D eigenvalue weighted by Gasteiger charge is -2.26. The maximum absolute atomic E-state index is 11.5. The van der Waals surface area contributed by atoms with Crippen molar-refractivity contribution in [3.63, 3.8) is 0 Å². The van der Waals surface area contributed by atoms with Gasteiger partial charge in [0.05, 0.1) is 19.4 Å². The highest BCUT2D eigenvalue weighted by atomic mass is 32.2. The van der Waals surface area contributed by atoms with Crippen LogP contribution < -0.4 is 0 Å². The van der Waals surface area contributed by atoms with Crippen molar-refractivity contribution in [3.05, 3.63) is 22.7 Å². The lowest BCUT2D eigenvalue weighted by Crippen LogP contribution is -2.36. The Morgan fingerprint density at radius 2 is 2.00 bits per heavy atom. The Morgan fingerprint density at radius 3 is 2.39 bits per heavy atom. The molecule has 0 N–H and O–H groups in total. The fourth-order valence-corrected chi connectivity index (χ4v) is 2.64. The summed E-state index contributed by atoms with van der Waals surface area (Å²) in [5.74, 6) is -0.615. The molecule has 0 aliphatic carbocycles. The predicted molar refractivity (Wildman–Crippen MR) is 65.9 cm³/mol. The summed E-state index contributed by atoms with van der Waals surface area (Å²) in [6.07, 6.45) is 1.97. The van der Waals surface area contributed by atoms with Gasteiger partial charge in [-0.05, 0) is 19.8 Å². The fraction of sp³-hybridized carbons (Fsp3) is 0.636. The molecule has 0 saturated carbocycles. The maximum atomic E-state index is 11.5. The van der Waals surface area contributed by atoms with E-state index in [0.717, 1.165) is 6.26 Å². The number of piperidine rings is 1. The number of nitrogens with zero attached hydrogens (tertiary/aromatic N) is 2. The lowest BCUT2D eigenvalue weighted by atomic mass is 10.0. The summed E-state index contributed by atoms with van der Waals surface area (Å²) in [5.41, 5.74) is 0.688. The highest BCUT2D eigenvalue weighted by Crippen LogP contribution is 2.23. The number of hydrogen-bond acceptors (Lipinski definition) is 4. The quantitative estimate of drug-likeness (QED) is 0.432. The minimum atomic E-state index is -3.20. The van der Waals surface area contributed by atoms with Gasteiger partial charge in [-0.2, -0.15) is 0 Å². The standard InChI is InChI=1S/C11H16N2O4S/c1-4-17-11(14)10(12-2)9-5-7-13(8-6-9)18(3,15)16/h4-8H2,1,3H3. The Hall–Kier alpha value is -1.39. The van der Waals surface area contributed by atoms with Crippen molar-refractivity contribution < 1.29 is 17.9 Å². The largest absolute Gasteiger partial charge is 0.471 e. The summed E-state index contributed by atoms with van der Waals surface area (Å²) in [6, 6.07) is 0. The molecule has 1 rings (SSSR count). The van der Waals surface area contributed by atoms with E-state index in [2.05, 4.69) is 4.85 Å². The molecule has 1 fully saturated rings. The van der Waals surface area contributed by atoms with Crippen LogP contribution in [0.3, 0.4) is 0 Å². The topological polar surface area (TPSA) is 68.0 Å². The van der Waals surface area contributed by atoms with Crippen molar-refractivity contribution >= 4 is 16.0 Å². The van der Waals surface area contributed by atoms with E-state index in [1.54, 1.807) is 6.92 Å². The van der Waals surface area contributed by atoms with Crippen molar-refractivity contribution in [2.24, 2.45) is 0 Å². The molecule has 0 radical (unpaired) electrons. The Bertz CT molecular complexity index is 492. The number of carbonyl (C=O) groups excluding carboxylic acids is 1. The van der Waals surface area contributed by atoms with Gasteiger partial charge < -0.3 is 4.74 Å². The zero-order chi connectivity index (χ0) is 13.8. The molecular formula is C11H16N2O4S. The van der Waals surface area contributed by atoms with Gasteiger partial charge in [0, 0.05) is 13.1 Å². The first-order valence-corrected chi connectivity index (χ1v) is 7.46.